The van der Waals surface area contributed by atoms with E-state index in [1.54, 1.807) is 0 Å². The molecule has 0 unspecified atom stereocenters. The fourth-order valence-electron chi connectivity index (χ4n) is 0.970. The molecule has 4 heteroatoms. The van der Waals surface area contributed by atoms with Gasteiger partial charge >= 0.3 is 0 Å². The van der Waals surface area contributed by atoms with Crippen LogP contribution in [0.5, 0.6) is 0 Å². The summed E-state index contributed by atoms with van der Waals surface area (Å²) in [6.07, 6.45) is 0.532. The van der Waals surface area contributed by atoms with Crippen LogP contribution in [-0.4, -0.2) is 38.3 Å². The molecule has 0 spiro atoms. The van der Waals surface area contributed by atoms with Gasteiger partial charge in [0, 0.05) is 32.2 Å². The fraction of sp³-hybridized carbons (Fsp3) is 0.917. The zero-order valence-electron chi connectivity index (χ0n) is 11.4. The van der Waals surface area contributed by atoms with Crippen molar-refractivity contribution in [2.75, 3.05) is 26.3 Å². The Bertz CT molecular complexity index is 150. The Kier molecular flexibility index (Phi) is 16.0. The molecule has 0 fully saturated rings. The van der Waals surface area contributed by atoms with Crippen LogP contribution in [0.15, 0.2) is 0 Å². The monoisotopic (exact) mass is 232 g/mol. The molecule has 0 aromatic rings. The number of amides is 1. The van der Waals surface area contributed by atoms with Gasteiger partial charge in [0.1, 0.15) is 0 Å². The van der Waals surface area contributed by atoms with Gasteiger partial charge in [-0.2, -0.15) is 0 Å². The van der Waals surface area contributed by atoms with Crippen molar-refractivity contribution < 1.29 is 9.53 Å². The van der Waals surface area contributed by atoms with Crippen LogP contribution in [-0.2, 0) is 9.53 Å². The lowest BCUT2D eigenvalue weighted by molar-refractivity contribution is -0.121. The highest BCUT2D eigenvalue weighted by molar-refractivity contribution is 5.75. The number of hydrogen-bond acceptors (Lipinski definition) is 3. The first-order chi connectivity index (χ1) is 7.66. The number of carbonyl (C=O) groups is 1. The lowest BCUT2D eigenvalue weighted by atomic mass is 10.3. The smallest absolute Gasteiger partial charge is 0.221 e. The van der Waals surface area contributed by atoms with Gasteiger partial charge in [-0.3, -0.25) is 4.79 Å². The summed E-state index contributed by atoms with van der Waals surface area (Å²) in [7, 11) is 0. The molecule has 0 bridgehead atoms. The molecule has 0 aromatic carbocycles. The molecule has 0 radical (unpaired) electrons. The van der Waals surface area contributed by atoms with Crippen LogP contribution in [0.3, 0.4) is 0 Å². The molecule has 0 saturated carbocycles. The third-order valence-corrected chi connectivity index (χ3v) is 1.68. The summed E-state index contributed by atoms with van der Waals surface area (Å²) in [6.45, 7) is 12.7. The van der Waals surface area contributed by atoms with Crippen LogP contribution >= 0.6 is 0 Å². The lowest BCUT2D eigenvalue weighted by Crippen LogP contribution is -2.32. The Morgan fingerprint density at radius 3 is 2.38 bits per heavy atom. The molecule has 0 atom stereocenters. The average molecular weight is 232 g/mol. The molecule has 0 aromatic heterocycles. The van der Waals surface area contributed by atoms with Gasteiger partial charge in [0.2, 0.25) is 5.91 Å². The highest BCUT2D eigenvalue weighted by atomic mass is 16.5. The van der Waals surface area contributed by atoms with E-state index >= 15 is 0 Å². The van der Waals surface area contributed by atoms with Gasteiger partial charge in [-0.05, 0) is 6.92 Å². The van der Waals surface area contributed by atoms with Gasteiger partial charge in [0.15, 0.2) is 0 Å². The molecule has 0 rings (SSSR count). The van der Waals surface area contributed by atoms with Gasteiger partial charge in [0.25, 0.3) is 0 Å². The summed E-state index contributed by atoms with van der Waals surface area (Å²) in [6, 6.07) is 0.436. The van der Waals surface area contributed by atoms with E-state index in [0.717, 1.165) is 6.54 Å². The minimum Gasteiger partial charge on any atom is -0.380 e. The van der Waals surface area contributed by atoms with E-state index in [4.69, 9.17) is 4.74 Å². The second-order valence-corrected chi connectivity index (χ2v) is 3.41. The van der Waals surface area contributed by atoms with Crippen LogP contribution in [0.2, 0.25) is 0 Å². The zero-order chi connectivity index (χ0) is 12.8. The maximum absolute atomic E-state index is 11.2. The van der Waals surface area contributed by atoms with E-state index in [-0.39, 0.29) is 5.91 Å². The van der Waals surface area contributed by atoms with E-state index in [2.05, 4.69) is 24.5 Å². The van der Waals surface area contributed by atoms with Gasteiger partial charge in [-0.1, -0.05) is 27.7 Å². The minimum absolute atomic E-state index is 0.0813. The van der Waals surface area contributed by atoms with Crippen molar-refractivity contribution in [3.8, 4) is 0 Å². The summed E-state index contributed by atoms with van der Waals surface area (Å²) in [5.74, 6) is 0.0813. The summed E-state index contributed by atoms with van der Waals surface area (Å²) in [5.41, 5.74) is 0. The van der Waals surface area contributed by atoms with Crippen LogP contribution in [0.4, 0.5) is 0 Å². The molecule has 2 N–H and O–H groups in total. The van der Waals surface area contributed by atoms with E-state index in [9.17, 15) is 4.79 Å². The van der Waals surface area contributed by atoms with E-state index < -0.39 is 0 Å². The highest BCUT2D eigenvalue weighted by Gasteiger charge is 2.00. The first-order valence-corrected chi connectivity index (χ1v) is 6.24. The number of ether oxygens (including phenoxy) is 1. The van der Waals surface area contributed by atoms with Crippen LogP contribution in [0.1, 0.15) is 41.0 Å². The molecular formula is C12H28N2O2. The molecule has 0 heterocycles. The van der Waals surface area contributed by atoms with Crippen molar-refractivity contribution in [3.05, 3.63) is 0 Å². The van der Waals surface area contributed by atoms with Crippen LogP contribution < -0.4 is 10.6 Å². The predicted octanol–water partition coefficient (Wildman–Crippen LogP) is 1.55. The van der Waals surface area contributed by atoms with Gasteiger partial charge in [-0.25, -0.2) is 0 Å². The standard InChI is InChI=1S/C10H22N2O2.C2H6/c1-4-14-8-7-12-10(13)5-6-11-9(2)3;1-2/h9,11H,4-8H2,1-3H3,(H,12,13);1-2H3. The molecule has 0 saturated heterocycles. The number of rotatable bonds is 8. The quantitative estimate of drug-likeness (QED) is 0.624. The third-order valence-electron chi connectivity index (χ3n) is 1.68. The molecular weight excluding hydrogens is 204 g/mol. The predicted molar refractivity (Wildman–Crippen MR) is 68.6 cm³/mol. The third kappa shape index (κ3) is 15.8. The molecule has 4 nitrogen and oxygen atoms in total. The Labute approximate surface area is 100 Å². The molecule has 0 aliphatic heterocycles. The van der Waals surface area contributed by atoms with Crippen molar-refractivity contribution >= 4 is 5.91 Å². The van der Waals surface area contributed by atoms with Gasteiger partial charge in [0.05, 0.1) is 6.61 Å². The van der Waals surface area contributed by atoms with Crippen LogP contribution in [0.25, 0.3) is 0 Å². The summed E-state index contributed by atoms with van der Waals surface area (Å²) < 4.78 is 5.10. The molecule has 16 heavy (non-hydrogen) atoms. The number of carbonyl (C=O) groups excluding carboxylic acids is 1. The Morgan fingerprint density at radius 2 is 1.88 bits per heavy atom. The normalized spacial score (nSPS) is 9.62. The van der Waals surface area contributed by atoms with Crippen LogP contribution in [0, 0.1) is 0 Å². The SMILES string of the molecule is CC.CCOCCNC(=O)CCNC(C)C. The minimum atomic E-state index is 0.0813. The van der Waals surface area contributed by atoms with Crippen molar-refractivity contribution in [1.82, 2.24) is 10.6 Å². The first kappa shape index (κ1) is 17.8. The van der Waals surface area contributed by atoms with Crippen molar-refractivity contribution in [2.45, 2.75) is 47.1 Å². The molecule has 1 amide bonds. The maximum atomic E-state index is 11.2. The molecule has 98 valence electrons. The second kappa shape index (κ2) is 14.4. The van der Waals surface area contributed by atoms with E-state index in [0.29, 0.717) is 32.2 Å². The van der Waals surface area contributed by atoms with Gasteiger partial charge in [-0.15, -0.1) is 0 Å². The average Bonchev–Trinajstić information content (AvgIpc) is 2.27. The van der Waals surface area contributed by atoms with Crippen molar-refractivity contribution in [2.24, 2.45) is 0 Å². The van der Waals surface area contributed by atoms with Gasteiger partial charge < -0.3 is 15.4 Å². The Balaban J connectivity index is 0. The maximum Gasteiger partial charge on any atom is 0.221 e. The summed E-state index contributed by atoms with van der Waals surface area (Å²) in [4.78, 5) is 11.2. The zero-order valence-corrected chi connectivity index (χ0v) is 11.4. The second-order valence-electron chi connectivity index (χ2n) is 3.41. The number of nitrogens with one attached hydrogen (secondary N) is 2. The first-order valence-electron chi connectivity index (χ1n) is 6.24. The Morgan fingerprint density at radius 1 is 1.25 bits per heavy atom. The largest absolute Gasteiger partial charge is 0.380 e. The summed E-state index contributed by atoms with van der Waals surface area (Å²) >= 11 is 0. The van der Waals surface area contributed by atoms with E-state index in [1.807, 2.05) is 20.8 Å². The topological polar surface area (TPSA) is 50.4 Å². The lowest BCUT2D eigenvalue weighted by Gasteiger charge is -2.08. The molecule has 0 aliphatic carbocycles. The van der Waals surface area contributed by atoms with E-state index in [1.165, 1.54) is 0 Å². The number of hydrogen-bond donors (Lipinski definition) is 2. The van der Waals surface area contributed by atoms with Crippen molar-refractivity contribution in [1.29, 1.82) is 0 Å². The highest BCUT2D eigenvalue weighted by Crippen LogP contribution is 1.81. The summed E-state index contributed by atoms with van der Waals surface area (Å²) in [5, 5.41) is 5.97. The Hall–Kier alpha value is -0.610. The fourth-order valence-corrected chi connectivity index (χ4v) is 0.970. The van der Waals surface area contributed by atoms with Crippen molar-refractivity contribution in [3.63, 3.8) is 0 Å². The molecule has 0 aliphatic rings.